The molecule has 0 spiro atoms. The van der Waals surface area contributed by atoms with Crippen molar-refractivity contribution in [2.24, 2.45) is 11.5 Å². The molecule has 26 valence electrons. The minimum absolute atomic E-state index is 0.500. The van der Waals surface area contributed by atoms with E-state index in [-0.39, 0.29) is 0 Å². The van der Waals surface area contributed by atoms with Crippen molar-refractivity contribution in [3.63, 3.8) is 0 Å². The first-order chi connectivity index (χ1) is 2.00. The van der Waals surface area contributed by atoms with Gasteiger partial charge in [0.2, 0.25) is 0 Å². The van der Waals surface area contributed by atoms with Crippen LogP contribution in [-0.4, -0.2) is 22.1 Å². The number of hydrogen-bond donors (Lipinski definition) is 2. The van der Waals surface area contributed by atoms with Crippen LogP contribution in [0.5, 0.6) is 0 Å². The van der Waals surface area contributed by atoms with Crippen LogP contribution in [0.3, 0.4) is 0 Å². The first kappa shape index (κ1) is 5.52. The minimum atomic E-state index is -0.500. The fourth-order valence-corrected chi connectivity index (χ4v) is 0. The van der Waals surface area contributed by atoms with Crippen LogP contribution in [-0.2, 0) is 0 Å². The molecule has 0 saturated carbocycles. The van der Waals surface area contributed by atoms with Crippen molar-refractivity contribution < 1.29 is 0 Å². The summed E-state index contributed by atoms with van der Waals surface area (Å²) in [6.07, 6.45) is 0. The zero-order valence-electron chi connectivity index (χ0n) is 3.65. The monoisotopic (exact) mass is 66.1 g/mol. The summed E-state index contributed by atoms with van der Waals surface area (Å²) in [6.45, 7) is 1.74. The van der Waals surface area contributed by atoms with Gasteiger partial charge >= 0.3 is 40.4 Å². The Morgan fingerprint density at radius 3 is 1.60 bits per heavy atom. The number of hydrogen-bond acceptors (Lipinski definition) is 2. The third-order valence-corrected chi connectivity index (χ3v) is 0. The molecule has 0 aliphatic carbocycles. The SMILES string of the molecule is [Li][C](C)(N)N. The predicted molar refractivity (Wildman–Crippen MR) is 22.5 cm³/mol. The number of rotatable bonds is 0. The first-order valence-electron chi connectivity index (χ1n) is 1.58. The van der Waals surface area contributed by atoms with Crippen LogP contribution in [0, 0.1) is 0 Å². The Morgan fingerprint density at radius 2 is 1.60 bits per heavy atom. The Morgan fingerprint density at radius 1 is 1.60 bits per heavy atom. The molecule has 0 heterocycles. The molecular weight excluding hydrogens is 59.0 g/mol. The van der Waals surface area contributed by atoms with Crippen molar-refractivity contribution >= 4 is 17.7 Å². The van der Waals surface area contributed by atoms with E-state index < -0.39 is 4.34 Å². The van der Waals surface area contributed by atoms with Crippen LogP contribution in [0.2, 0.25) is 0 Å². The maximum absolute atomic E-state index is 5.13. The Kier molecular flexibility index (Phi) is 1.45. The van der Waals surface area contributed by atoms with Gasteiger partial charge in [-0.05, 0) is 0 Å². The quantitative estimate of drug-likeness (QED) is 0.274. The molecular formula is C2H7LiN2. The van der Waals surface area contributed by atoms with E-state index in [1.54, 1.807) is 24.6 Å². The van der Waals surface area contributed by atoms with Crippen molar-refractivity contribution in [3.05, 3.63) is 0 Å². The van der Waals surface area contributed by atoms with Crippen molar-refractivity contribution in [3.8, 4) is 0 Å². The zero-order chi connectivity index (χ0) is 4.50. The van der Waals surface area contributed by atoms with Gasteiger partial charge in [-0.1, -0.05) is 0 Å². The summed E-state index contributed by atoms with van der Waals surface area (Å²) in [5, 5.41) is 0. The van der Waals surface area contributed by atoms with Crippen LogP contribution >= 0.6 is 0 Å². The Labute approximate surface area is 41.1 Å². The third-order valence-electron chi connectivity index (χ3n) is 0. The van der Waals surface area contributed by atoms with Crippen molar-refractivity contribution in [2.45, 2.75) is 11.3 Å². The van der Waals surface area contributed by atoms with E-state index in [1.165, 1.54) is 0 Å². The number of nitrogens with two attached hydrogens (primary N) is 2. The molecule has 0 aromatic rings. The average Bonchev–Trinajstić information content (AvgIpc) is 0.722. The molecule has 0 radical (unpaired) electrons. The molecule has 0 aliphatic rings. The standard InChI is InChI=1S/C2H7N2.Li/c1-2(3)4;/h3-4H2,1H3;. The van der Waals surface area contributed by atoms with Gasteiger partial charge in [-0.2, -0.15) is 0 Å². The summed E-state index contributed by atoms with van der Waals surface area (Å²) in [7, 11) is 0. The molecule has 0 rings (SSSR count). The summed E-state index contributed by atoms with van der Waals surface area (Å²) in [5.41, 5.74) is 10.3. The van der Waals surface area contributed by atoms with Crippen molar-refractivity contribution in [1.29, 1.82) is 0 Å². The molecule has 0 aromatic carbocycles. The van der Waals surface area contributed by atoms with Gasteiger partial charge in [0.25, 0.3) is 0 Å². The van der Waals surface area contributed by atoms with Gasteiger partial charge in [0.1, 0.15) is 0 Å². The third kappa shape index (κ3) is 107. The molecule has 0 unspecified atom stereocenters. The first-order valence-corrected chi connectivity index (χ1v) is 1.58. The second-order valence-corrected chi connectivity index (χ2v) is 1.82. The van der Waals surface area contributed by atoms with Gasteiger partial charge in [0.05, 0.1) is 0 Å². The van der Waals surface area contributed by atoms with Crippen LogP contribution in [0.15, 0.2) is 0 Å². The summed E-state index contributed by atoms with van der Waals surface area (Å²) < 4.78 is -0.500. The summed E-state index contributed by atoms with van der Waals surface area (Å²) in [4.78, 5) is 0. The molecule has 0 aromatic heterocycles. The van der Waals surface area contributed by atoms with Crippen LogP contribution in [0.1, 0.15) is 6.92 Å². The van der Waals surface area contributed by atoms with Gasteiger partial charge in [0.15, 0.2) is 0 Å². The molecule has 4 N–H and O–H groups in total. The van der Waals surface area contributed by atoms with Crippen LogP contribution in [0.25, 0.3) is 0 Å². The van der Waals surface area contributed by atoms with E-state index in [4.69, 9.17) is 11.5 Å². The molecule has 0 saturated heterocycles. The van der Waals surface area contributed by atoms with E-state index in [2.05, 4.69) is 0 Å². The predicted octanol–water partition coefficient (Wildman–Crippen LogP) is -1.25. The molecule has 0 aliphatic heterocycles. The second-order valence-electron chi connectivity index (χ2n) is 1.82. The van der Waals surface area contributed by atoms with Gasteiger partial charge in [-0.15, -0.1) is 0 Å². The molecule has 0 bridgehead atoms. The summed E-state index contributed by atoms with van der Waals surface area (Å²) in [5.74, 6) is 0. The molecule has 0 atom stereocenters. The normalized spacial score (nSPS) is 12.2. The summed E-state index contributed by atoms with van der Waals surface area (Å²) in [6, 6.07) is 0. The molecule has 5 heavy (non-hydrogen) atoms. The van der Waals surface area contributed by atoms with Crippen molar-refractivity contribution in [2.75, 3.05) is 0 Å². The van der Waals surface area contributed by atoms with Gasteiger partial charge in [-0.3, -0.25) is 0 Å². The Bertz CT molecular complexity index is 23.1. The van der Waals surface area contributed by atoms with E-state index in [1.807, 2.05) is 0 Å². The maximum atomic E-state index is 5.13. The zero-order valence-corrected chi connectivity index (χ0v) is 3.65. The van der Waals surface area contributed by atoms with Gasteiger partial charge in [-0.25, -0.2) is 0 Å². The van der Waals surface area contributed by atoms with Crippen LogP contribution < -0.4 is 11.5 Å². The van der Waals surface area contributed by atoms with E-state index >= 15 is 0 Å². The average molecular weight is 66.0 g/mol. The molecule has 2 nitrogen and oxygen atoms in total. The fourth-order valence-electron chi connectivity index (χ4n) is 0. The fraction of sp³-hybridized carbons (Fsp3) is 1.00. The summed E-state index contributed by atoms with van der Waals surface area (Å²) >= 11 is 1.74. The molecule has 0 amide bonds. The van der Waals surface area contributed by atoms with Gasteiger partial charge < -0.3 is 0 Å². The van der Waals surface area contributed by atoms with Gasteiger partial charge in [0, 0.05) is 0 Å². The second kappa shape index (κ2) is 1.32. The van der Waals surface area contributed by atoms with E-state index in [9.17, 15) is 0 Å². The van der Waals surface area contributed by atoms with E-state index in [0.29, 0.717) is 0 Å². The Hall–Kier alpha value is 0.517. The Balaban J connectivity index is 3.02. The van der Waals surface area contributed by atoms with E-state index in [0.717, 1.165) is 0 Å². The topological polar surface area (TPSA) is 52.0 Å². The molecule has 0 fully saturated rings. The molecule has 3 heteroatoms. The van der Waals surface area contributed by atoms with Crippen LogP contribution in [0.4, 0.5) is 0 Å². The van der Waals surface area contributed by atoms with Crippen molar-refractivity contribution in [1.82, 2.24) is 0 Å².